The number of amides is 1. The Balaban J connectivity index is 3.57. The molecule has 0 radical (unpaired) electrons. The Labute approximate surface area is 80.5 Å². The zero-order valence-electron chi connectivity index (χ0n) is 8.84. The second kappa shape index (κ2) is 6.86. The summed E-state index contributed by atoms with van der Waals surface area (Å²) < 4.78 is 0. The molecule has 4 nitrogen and oxygen atoms in total. The fourth-order valence-electron chi connectivity index (χ4n) is 0.946. The first-order valence-electron chi connectivity index (χ1n) is 4.72. The Morgan fingerprint density at radius 1 is 1.62 bits per heavy atom. The van der Waals surface area contributed by atoms with E-state index >= 15 is 0 Å². The van der Waals surface area contributed by atoms with E-state index in [4.69, 9.17) is 5.73 Å². The normalized spacial score (nSPS) is 12.6. The van der Waals surface area contributed by atoms with Crippen molar-refractivity contribution >= 4 is 5.91 Å². The Morgan fingerprint density at radius 3 is 2.69 bits per heavy atom. The van der Waals surface area contributed by atoms with Crippen molar-refractivity contribution in [3.8, 4) is 0 Å². The molecule has 0 saturated heterocycles. The number of nitrogens with one attached hydrogen (secondary N) is 1. The van der Waals surface area contributed by atoms with Crippen LogP contribution in [0.15, 0.2) is 0 Å². The number of hydrogen-bond donors (Lipinski definition) is 2. The molecule has 0 aliphatic carbocycles. The predicted molar refractivity (Wildman–Crippen MR) is 54.4 cm³/mol. The van der Waals surface area contributed by atoms with Crippen molar-refractivity contribution < 1.29 is 4.79 Å². The largest absolute Gasteiger partial charge is 0.344 e. The minimum atomic E-state index is 0.113. The second-order valence-corrected chi connectivity index (χ2v) is 3.43. The fourth-order valence-corrected chi connectivity index (χ4v) is 0.946. The van der Waals surface area contributed by atoms with E-state index in [2.05, 4.69) is 5.32 Å². The summed E-state index contributed by atoms with van der Waals surface area (Å²) in [5, 5.41) is 3.00. The molecule has 0 aromatic heterocycles. The summed E-state index contributed by atoms with van der Waals surface area (Å²) in [6, 6.07) is 0.113. The topological polar surface area (TPSA) is 58.4 Å². The number of nitrogens with two attached hydrogens (primary N) is 1. The van der Waals surface area contributed by atoms with Gasteiger partial charge in [-0.3, -0.25) is 4.79 Å². The van der Waals surface area contributed by atoms with Crippen molar-refractivity contribution in [2.24, 2.45) is 5.73 Å². The van der Waals surface area contributed by atoms with Crippen molar-refractivity contribution in [3.63, 3.8) is 0 Å². The molecule has 0 spiro atoms. The van der Waals surface area contributed by atoms with Gasteiger partial charge in [0.25, 0.3) is 0 Å². The standard InChI is InChI=1S/C9H21N3O/c1-8(10)4-5-9(13)12(3)7-6-11-2/h8,11H,4-7,10H2,1-3H3. The number of likely N-dealkylation sites (N-methyl/N-ethyl adjacent to an activating group) is 2. The number of nitrogens with zero attached hydrogens (tertiary/aromatic N) is 1. The molecule has 4 heteroatoms. The highest BCUT2D eigenvalue weighted by molar-refractivity contribution is 5.75. The minimum absolute atomic E-state index is 0.113. The van der Waals surface area contributed by atoms with Crippen LogP contribution in [-0.2, 0) is 4.79 Å². The van der Waals surface area contributed by atoms with Crippen LogP contribution in [0.1, 0.15) is 19.8 Å². The molecule has 78 valence electrons. The van der Waals surface area contributed by atoms with Gasteiger partial charge >= 0.3 is 0 Å². The molecule has 0 rings (SSSR count). The summed E-state index contributed by atoms with van der Waals surface area (Å²) in [7, 11) is 3.70. The molecule has 1 unspecified atom stereocenters. The summed E-state index contributed by atoms with van der Waals surface area (Å²) in [5.74, 6) is 0.174. The van der Waals surface area contributed by atoms with Gasteiger partial charge in [-0.1, -0.05) is 0 Å². The van der Waals surface area contributed by atoms with E-state index in [9.17, 15) is 4.79 Å². The van der Waals surface area contributed by atoms with Gasteiger partial charge in [-0.25, -0.2) is 0 Å². The fraction of sp³-hybridized carbons (Fsp3) is 0.889. The van der Waals surface area contributed by atoms with Gasteiger partial charge < -0.3 is 16.0 Å². The van der Waals surface area contributed by atoms with Crippen LogP contribution in [0.4, 0.5) is 0 Å². The molecular weight excluding hydrogens is 166 g/mol. The molecule has 3 N–H and O–H groups in total. The lowest BCUT2D eigenvalue weighted by Gasteiger charge is -2.17. The first kappa shape index (κ1) is 12.4. The van der Waals surface area contributed by atoms with Gasteiger partial charge in [0.05, 0.1) is 0 Å². The first-order chi connectivity index (χ1) is 6.07. The maximum atomic E-state index is 11.4. The lowest BCUT2D eigenvalue weighted by atomic mass is 10.2. The van der Waals surface area contributed by atoms with Crippen LogP contribution in [0.3, 0.4) is 0 Å². The van der Waals surface area contributed by atoms with Crippen LogP contribution in [0.2, 0.25) is 0 Å². The van der Waals surface area contributed by atoms with Gasteiger partial charge in [-0.15, -0.1) is 0 Å². The summed E-state index contributed by atoms with van der Waals surface area (Å²) >= 11 is 0. The maximum absolute atomic E-state index is 11.4. The highest BCUT2D eigenvalue weighted by atomic mass is 16.2. The highest BCUT2D eigenvalue weighted by Crippen LogP contribution is 1.97. The monoisotopic (exact) mass is 187 g/mol. The number of carbonyl (C=O) groups is 1. The van der Waals surface area contributed by atoms with Crippen LogP contribution < -0.4 is 11.1 Å². The second-order valence-electron chi connectivity index (χ2n) is 3.43. The van der Waals surface area contributed by atoms with Gasteiger partial charge in [0.2, 0.25) is 5.91 Å². The van der Waals surface area contributed by atoms with Gasteiger partial charge in [-0.05, 0) is 20.4 Å². The average Bonchev–Trinajstić information content (AvgIpc) is 2.10. The average molecular weight is 187 g/mol. The van der Waals surface area contributed by atoms with Crippen LogP contribution >= 0.6 is 0 Å². The number of carbonyl (C=O) groups excluding carboxylic acids is 1. The van der Waals surface area contributed by atoms with Crippen molar-refractivity contribution in [1.29, 1.82) is 0 Å². The zero-order chi connectivity index (χ0) is 10.3. The van der Waals surface area contributed by atoms with E-state index in [1.807, 2.05) is 21.0 Å². The zero-order valence-corrected chi connectivity index (χ0v) is 8.84. The lowest BCUT2D eigenvalue weighted by molar-refractivity contribution is -0.130. The Kier molecular flexibility index (Phi) is 6.54. The molecule has 0 saturated carbocycles. The van der Waals surface area contributed by atoms with Crippen molar-refractivity contribution in [3.05, 3.63) is 0 Å². The molecule has 1 atom stereocenters. The van der Waals surface area contributed by atoms with Crippen LogP contribution in [-0.4, -0.2) is 44.0 Å². The Bertz CT molecular complexity index is 148. The summed E-state index contributed by atoms with van der Waals surface area (Å²) in [6.45, 7) is 3.51. The third-order valence-electron chi connectivity index (χ3n) is 1.94. The van der Waals surface area contributed by atoms with E-state index in [0.29, 0.717) is 6.42 Å². The molecule has 0 aliphatic heterocycles. The molecule has 0 aromatic carbocycles. The SMILES string of the molecule is CNCCN(C)C(=O)CCC(C)N. The smallest absolute Gasteiger partial charge is 0.222 e. The van der Waals surface area contributed by atoms with Gasteiger partial charge in [0, 0.05) is 32.6 Å². The van der Waals surface area contributed by atoms with Gasteiger partial charge in [-0.2, -0.15) is 0 Å². The van der Waals surface area contributed by atoms with E-state index in [0.717, 1.165) is 19.5 Å². The van der Waals surface area contributed by atoms with E-state index in [1.165, 1.54) is 0 Å². The van der Waals surface area contributed by atoms with Gasteiger partial charge in [0.1, 0.15) is 0 Å². The molecule has 0 fully saturated rings. The molecule has 0 aromatic rings. The van der Waals surface area contributed by atoms with E-state index in [1.54, 1.807) is 4.90 Å². The van der Waals surface area contributed by atoms with Crippen LogP contribution in [0.5, 0.6) is 0 Å². The molecule has 1 amide bonds. The lowest BCUT2D eigenvalue weighted by Crippen LogP contribution is -2.33. The maximum Gasteiger partial charge on any atom is 0.222 e. The number of hydrogen-bond acceptors (Lipinski definition) is 3. The highest BCUT2D eigenvalue weighted by Gasteiger charge is 2.08. The molecule has 0 aliphatic rings. The molecular formula is C9H21N3O. The van der Waals surface area contributed by atoms with E-state index < -0.39 is 0 Å². The summed E-state index contributed by atoms with van der Waals surface area (Å²) in [5.41, 5.74) is 5.56. The Hall–Kier alpha value is -0.610. The third kappa shape index (κ3) is 6.54. The number of rotatable bonds is 6. The van der Waals surface area contributed by atoms with Gasteiger partial charge in [0.15, 0.2) is 0 Å². The van der Waals surface area contributed by atoms with Crippen LogP contribution in [0, 0.1) is 0 Å². The summed E-state index contributed by atoms with van der Waals surface area (Å²) in [6.07, 6.45) is 1.32. The molecule has 0 heterocycles. The molecule has 0 bridgehead atoms. The Morgan fingerprint density at radius 2 is 2.23 bits per heavy atom. The predicted octanol–water partition coefficient (Wildman–Crippen LogP) is -0.208. The van der Waals surface area contributed by atoms with E-state index in [-0.39, 0.29) is 11.9 Å². The van der Waals surface area contributed by atoms with Crippen molar-refractivity contribution in [2.45, 2.75) is 25.8 Å². The quantitative estimate of drug-likeness (QED) is 0.605. The van der Waals surface area contributed by atoms with Crippen molar-refractivity contribution in [2.75, 3.05) is 27.2 Å². The third-order valence-corrected chi connectivity index (χ3v) is 1.94. The summed E-state index contributed by atoms with van der Waals surface area (Å²) in [4.78, 5) is 13.1. The minimum Gasteiger partial charge on any atom is -0.344 e. The van der Waals surface area contributed by atoms with Crippen molar-refractivity contribution in [1.82, 2.24) is 10.2 Å². The first-order valence-corrected chi connectivity index (χ1v) is 4.72. The van der Waals surface area contributed by atoms with Crippen LogP contribution in [0.25, 0.3) is 0 Å². The molecule has 13 heavy (non-hydrogen) atoms.